The number of aryl methyl sites for hydroxylation is 1. The number of H-pyrrole nitrogens is 1. The first-order chi connectivity index (χ1) is 14.1. The zero-order valence-electron chi connectivity index (χ0n) is 16.5. The number of pyridine rings is 1. The second-order valence-corrected chi connectivity index (χ2v) is 7.81. The SMILES string of the molecule is Cc1cc(NC(=O)c2cccc(N3CCCCCC3)n2)[n+](-c2ccc(Cl)cc2)[nH]1. The van der Waals surface area contributed by atoms with Crippen LogP contribution in [0.4, 0.5) is 11.6 Å². The molecule has 3 aromatic rings. The number of rotatable bonds is 4. The fourth-order valence-electron chi connectivity index (χ4n) is 3.63. The van der Waals surface area contributed by atoms with E-state index in [4.69, 9.17) is 11.6 Å². The van der Waals surface area contributed by atoms with Gasteiger partial charge in [-0.25, -0.2) is 20.2 Å². The molecule has 1 fully saturated rings. The third kappa shape index (κ3) is 4.59. The summed E-state index contributed by atoms with van der Waals surface area (Å²) in [5.41, 5.74) is 2.22. The van der Waals surface area contributed by atoms with Crippen molar-refractivity contribution in [2.24, 2.45) is 0 Å². The Morgan fingerprint density at radius 2 is 1.83 bits per heavy atom. The molecule has 1 saturated heterocycles. The van der Waals surface area contributed by atoms with Gasteiger partial charge in [0.25, 0.3) is 0 Å². The van der Waals surface area contributed by atoms with Crippen molar-refractivity contribution in [2.75, 3.05) is 23.3 Å². The van der Waals surface area contributed by atoms with Crippen LogP contribution < -0.4 is 14.9 Å². The molecule has 1 aliphatic heterocycles. The summed E-state index contributed by atoms with van der Waals surface area (Å²) in [6.45, 7) is 3.93. The van der Waals surface area contributed by atoms with Gasteiger partial charge in [0.05, 0.1) is 11.8 Å². The Labute approximate surface area is 175 Å². The molecule has 2 N–H and O–H groups in total. The maximum absolute atomic E-state index is 12.9. The fraction of sp³-hybridized carbons (Fsp3) is 0.318. The molecule has 0 atom stereocenters. The van der Waals surface area contributed by atoms with Crippen LogP contribution in [-0.4, -0.2) is 29.1 Å². The number of hydrogen-bond acceptors (Lipinski definition) is 3. The zero-order valence-corrected chi connectivity index (χ0v) is 17.2. The highest BCUT2D eigenvalue weighted by atomic mass is 35.5. The van der Waals surface area contributed by atoms with Gasteiger partial charge in [-0.05, 0) is 56.2 Å². The van der Waals surface area contributed by atoms with Crippen molar-refractivity contribution in [1.29, 1.82) is 0 Å². The monoisotopic (exact) mass is 410 g/mol. The molecule has 3 heterocycles. The molecule has 0 bridgehead atoms. The number of nitrogens with zero attached hydrogens (tertiary/aromatic N) is 3. The van der Waals surface area contributed by atoms with E-state index in [1.807, 2.05) is 54.1 Å². The van der Waals surface area contributed by atoms with Crippen LogP contribution in [0.25, 0.3) is 5.69 Å². The summed E-state index contributed by atoms with van der Waals surface area (Å²) in [7, 11) is 0. The number of anilines is 2. The van der Waals surface area contributed by atoms with Gasteiger partial charge in [-0.15, -0.1) is 4.68 Å². The summed E-state index contributed by atoms with van der Waals surface area (Å²) in [5, 5.41) is 6.88. The first-order valence-corrected chi connectivity index (χ1v) is 10.4. The van der Waals surface area contributed by atoms with Crippen molar-refractivity contribution in [3.8, 4) is 5.69 Å². The predicted octanol–water partition coefficient (Wildman–Crippen LogP) is 4.28. The molecule has 6 nitrogen and oxygen atoms in total. The van der Waals surface area contributed by atoms with Crippen molar-refractivity contribution in [3.63, 3.8) is 0 Å². The van der Waals surface area contributed by atoms with Crippen LogP contribution in [0.3, 0.4) is 0 Å². The highest BCUT2D eigenvalue weighted by Crippen LogP contribution is 2.18. The van der Waals surface area contributed by atoms with Gasteiger partial charge in [-0.2, -0.15) is 0 Å². The van der Waals surface area contributed by atoms with E-state index < -0.39 is 0 Å². The summed E-state index contributed by atoms with van der Waals surface area (Å²) in [6, 6.07) is 15.0. The lowest BCUT2D eigenvalue weighted by atomic mass is 10.2. The van der Waals surface area contributed by atoms with Gasteiger partial charge >= 0.3 is 11.7 Å². The Morgan fingerprint density at radius 3 is 2.55 bits per heavy atom. The molecule has 1 aromatic carbocycles. The quantitative estimate of drug-likeness (QED) is 0.631. The average molecular weight is 411 g/mol. The van der Waals surface area contributed by atoms with Crippen molar-refractivity contribution >= 4 is 29.1 Å². The molecule has 0 saturated carbocycles. The van der Waals surface area contributed by atoms with Crippen LogP contribution in [0.1, 0.15) is 41.9 Å². The van der Waals surface area contributed by atoms with E-state index in [9.17, 15) is 4.79 Å². The van der Waals surface area contributed by atoms with E-state index in [1.54, 1.807) is 6.07 Å². The van der Waals surface area contributed by atoms with Crippen molar-refractivity contribution in [2.45, 2.75) is 32.6 Å². The number of carbonyl (C=O) groups excluding carboxylic acids is 1. The van der Waals surface area contributed by atoms with E-state index >= 15 is 0 Å². The maximum Gasteiger partial charge on any atom is 0.357 e. The molecule has 7 heteroatoms. The Morgan fingerprint density at radius 1 is 1.10 bits per heavy atom. The molecule has 0 unspecified atom stereocenters. The zero-order chi connectivity index (χ0) is 20.2. The molecule has 29 heavy (non-hydrogen) atoms. The number of hydrogen-bond donors (Lipinski definition) is 2. The molecule has 1 aliphatic rings. The Kier molecular flexibility index (Phi) is 5.81. The largest absolute Gasteiger partial charge is 0.357 e. The lowest BCUT2D eigenvalue weighted by Crippen LogP contribution is -2.37. The summed E-state index contributed by atoms with van der Waals surface area (Å²) in [6.07, 6.45) is 4.85. The normalized spacial score (nSPS) is 14.5. The van der Waals surface area contributed by atoms with Crippen LogP contribution in [0.5, 0.6) is 0 Å². The lowest BCUT2D eigenvalue weighted by molar-refractivity contribution is -0.641. The molecular formula is C22H25ClN5O+. The van der Waals surface area contributed by atoms with E-state index in [-0.39, 0.29) is 5.91 Å². The van der Waals surface area contributed by atoms with Crippen LogP contribution >= 0.6 is 11.6 Å². The number of nitrogens with one attached hydrogen (secondary N) is 2. The molecule has 150 valence electrons. The topological polar surface area (TPSA) is 64.9 Å². The van der Waals surface area contributed by atoms with Gasteiger partial charge in [-0.1, -0.05) is 30.5 Å². The number of aromatic amines is 1. The summed E-state index contributed by atoms with van der Waals surface area (Å²) >= 11 is 6.00. The number of halogens is 1. The number of carbonyl (C=O) groups is 1. The lowest BCUT2D eigenvalue weighted by Gasteiger charge is -2.21. The van der Waals surface area contributed by atoms with Crippen LogP contribution in [0.15, 0.2) is 48.5 Å². The highest BCUT2D eigenvalue weighted by Gasteiger charge is 2.22. The van der Waals surface area contributed by atoms with Gasteiger partial charge in [0.1, 0.15) is 5.82 Å². The van der Waals surface area contributed by atoms with E-state index in [1.165, 1.54) is 25.7 Å². The van der Waals surface area contributed by atoms with Gasteiger partial charge in [0.15, 0.2) is 11.4 Å². The van der Waals surface area contributed by atoms with Gasteiger partial charge in [-0.3, -0.25) is 0 Å². The van der Waals surface area contributed by atoms with Crippen molar-refractivity contribution in [1.82, 2.24) is 10.1 Å². The summed E-state index contributed by atoms with van der Waals surface area (Å²) < 4.78 is 1.82. The Hall–Kier alpha value is -2.86. The Balaban J connectivity index is 1.56. The second-order valence-electron chi connectivity index (χ2n) is 7.37. The average Bonchev–Trinajstić information content (AvgIpc) is 2.93. The first-order valence-electron chi connectivity index (χ1n) is 10.0. The number of benzene rings is 1. The smallest absolute Gasteiger partial charge is 0.357 e. The minimum Gasteiger partial charge on any atom is -0.357 e. The third-order valence-corrected chi connectivity index (χ3v) is 5.36. The van der Waals surface area contributed by atoms with Gasteiger partial charge in [0.2, 0.25) is 0 Å². The predicted molar refractivity (Wildman–Crippen MR) is 115 cm³/mol. The molecule has 0 radical (unpaired) electrons. The van der Waals surface area contributed by atoms with Crippen LogP contribution in [-0.2, 0) is 0 Å². The maximum atomic E-state index is 12.9. The van der Waals surface area contributed by atoms with Crippen LogP contribution in [0.2, 0.25) is 5.02 Å². The highest BCUT2D eigenvalue weighted by molar-refractivity contribution is 6.30. The van der Waals surface area contributed by atoms with Crippen molar-refractivity contribution < 1.29 is 9.48 Å². The molecule has 1 amide bonds. The van der Waals surface area contributed by atoms with E-state index in [0.717, 1.165) is 30.3 Å². The molecule has 2 aromatic heterocycles. The van der Waals surface area contributed by atoms with Gasteiger partial charge in [0, 0.05) is 18.1 Å². The van der Waals surface area contributed by atoms with Gasteiger partial charge < -0.3 is 4.90 Å². The number of aromatic nitrogens is 3. The van der Waals surface area contributed by atoms with E-state index in [2.05, 4.69) is 20.3 Å². The second kappa shape index (κ2) is 8.66. The number of amides is 1. The standard InChI is InChI=1S/C22H24ClN5O/c1-16-15-21(28(26-16)18-11-9-17(23)10-12-18)25-22(29)19-7-6-8-20(24-19)27-13-4-2-3-5-14-27/h6-12,15H,2-5,13-14H2,1H3,(H,25,26,29)/p+1. The summed E-state index contributed by atoms with van der Waals surface area (Å²) in [5.74, 6) is 1.29. The minimum atomic E-state index is -0.233. The molecule has 0 aliphatic carbocycles. The van der Waals surface area contributed by atoms with Crippen LogP contribution in [0, 0.1) is 6.92 Å². The Bertz CT molecular complexity index is 991. The summed E-state index contributed by atoms with van der Waals surface area (Å²) in [4.78, 5) is 19.8. The minimum absolute atomic E-state index is 0.233. The van der Waals surface area contributed by atoms with Crippen molar-refractivity contribution in [3.05, 3.63) is 64.9 Å². The molecular weight excluding hydrogens is 386 g/mol. The molecule has 0 spiro atoms. The first kappa shape index (κ1) is 19.5. The van der Waals surface area contributed by atoms with E-state index in [0.29, 0.717) is 16.5 Å². The third-order valence-electron chi connectivity index (χ3n) is 5.11. The fourth-order valence-corrected chi connectivity index (χ4v) is 3.76. The molecule has 4 rings (SSSR count).